The minimum atomic E-state index is -0.382. The quantitative estimate of drug-likeness (QED) is 0.519. The first kappa shape index (κ1) is 6.99. The van der Waals surface area contributed by atoms with Gasteiger partial charge in [0, 0.05) is 6.54 Å². The maximum absolute atomic E-state index is 10.4. The SMILES string of the molecule is CN1CCC(O)C1C[O]. The van der Waals surface area contributed by atoms with Gasteiger partial charge in [-0.15, -0.1) is 0 Å². The third kappa shape index (κ3) is 1.23. The van der Waals surface area contributed by atoms with E-state index in [0.29, 0.717) is 0 Å². The average Bonchev–Trinajstić information content (AvgIpc) is 2.12. The molecule has 1 radical (unpaired) electrons. The van der Waals surface area contributed by atoms with E-state index in [1.54, 1.807) is 0 Å². The van der Waals surface area contributed by atoms with Gasteiger partial charge in [-0.25, -0.2) is 5.11 Å². The van der Waals surface area contributed by atoms with Gasteiger partial charge in [0.05, 0.1) is 12.1 Å². The van der Waals surface area contributed by atoms with Gasteiger partial charge in [-0.1, -0.05) is 0 Å². The van der Waals surface area contributed by atoms with E-state index in [2.05, 4.69) is 0 Å². The lowest BCUT2D eigenvalue weighted by molar-refractivity contribution is 0.0531. The van der Waals surface area contributed by atoms with Crippen molar-refractivity contribution in [3.05, 3.63) is 0 Å². The highest BCUT2D eigenvalue weighted by molar-refractivity contribution is 4.83. The van der Waals surface area contributed by atoms with E-state index >= 15 is 0 Å². The van der Waals surface area contributed by atoms with Gasteiger partial charge in [-0.05, 0) is 13.5 Å². The molecular weight excluding hydrogens is 118 g/mol. The highest BCUT2D eigenvalue weighted by atomic mass is 16.3. The summed E-state index contributed by atoms with van der Waals surface area (Å²) >= 11 is 0. The van der Waals surface area contributed by atoms with Gasteiger partial charge in [0.1, 0.15) is 6.61 Å². The van der Waals surface area contributed by atoms with Crippen molar-refractivity contribution in [3.63, 3.8) is 0 Å². The molecule has 0 aliphatic carbocycles. The fraction of sp³-hybridized carbons (Fsp3) is 1.00. The fourth-order valence-electron chi connectivity index (χ4n) is 1.23. The molecule has 53 valence electrons. The minimum absolute atomic E-state index is 0.134. The number of likely N-dealkylation sites (N-methyl/N-ethyl adjacent to an activating group) is 1. The summed E-state index contributed by atoms with van der Waals surface area (Å²) < 4.78 is 0. The summed E-state index contributed by atoms with van der Waals surface area (Å²) in [5.74, 6) is 0. The Labute approximate surface area is 54.9 Å². The van der Waals surface area contributed by atoms with Crippen LogP contribution in [0.2, 0.25) is 0 Å². The van der Waals surface area contributed by atoms with E-state index in [-0.39, 0.29) is 18.8 Å². The van der Waals surface area contributed by atoms with Crippen molar-refractivity contribution >= 4 is 0 Å². The molecule has 2 atom stereocenters. The summed E-state index contributed by atoms with van der Waals surface area (Å²) in [5.41, 5.74) is 0. The zero-order valence-corrected chi connectivity index (χ0v) is 5.58. The highest BCUT2D eigenvalue weighted by Crippen LogP contribution is 2.14. The van der Waals surface area contributed by atoms with Crippen LogP contribution in [0.3, 0.4) is 0 Å². The number of likely N-dealkylation sites (tertiary alicyclic amines) is 1. The molecule has 0 aromatic heterocycles. The second-order valence-electron chi connectivity index (χ2n) is 2.57. The maximum Gasteiger partial charge on any atom is 0.100 e. The number of aliphatic hydroxyl groups is 1. The van der Waals surface area contributed by atoms with E-state index in [0.717, 1.165) is 13.0 Å². The molecule has 0 spiro atoms. The predicted molar refractivity (Wildman–Crippen MR) is 32.6 cm³/mol. The normalized spacial score (nSPS) is 37.7. The molecular formula is C6H12NO2. The van der Waals surface area contributed by atoms with Crippen molar-refractivity contribution in [2.24, 2.45) is 0 Å². The maximum atomic E-state index is 10.4. The molecule has 1 fully saturated rings. The molecule has 1 rings (SSSR count). The molecule has 0 aromatic carbocycles. The van der Waals surface area contributed by atoms with Crippen molar-refractivity contribution in [1.82, 2.24) is 4.90 Å². The van der Waals surface area contributed by atoms with Crippen LogP contribution in [-0.4, -0.2) is 42.4 Å². The molecule has 1 N–H and O–H groups in total. The van der Waals surface area contributed by atoms with Crippen LogP contribution in [0.5, 0.6) is 0 Å². The first-order valence-electron chi connectivity index (χ1n) is 3.22. The Hall–Kier alpha value is -0.120. The summed E-state index contributed by atoms with van der Waals surface area (Å²) in [7, 11) is 1.87. The van der Waals surface area contributed by atoms with Crippen molar-refractivity contribution in [3.8, 4) is 0 Å². The Morgan fingerprint density at radius 3 is 2.67 bits per heavy atom. The van der Waals surface area contributed by atoms with Gasteiger partial charge in [0.25, 0.3) is 0 Å². The van der Waals surface area contributed by atoms with Crippen LogP contribution in [0.15, 0.2) is 0 Å². The van der Waals surface area contributed by atoms with E-state index in [9.17, 15) is 5.11 Å². The topological polar surface area (TPSA) is 43.4 Å². The van der Waals surface area contributed by atoms with E-state index in [1.165, 1.54) is 0 Å². The molecule has 0 saturated carbocycles. The Bertz CT molecular complexity index is 87.1. The van der Waals surface area contributed by atoms with E-state index in [4.69, 9.17) is 5.11 Å². The highest BCUT2D eigenvalue weighted by Gasteiger charge is 2.29. The third-order valence-corrected chi connectivity index (χ3v) is 1.96. The second kappa shape index (κ2) is 2.64. The summed E-state index contributed by atoms with van der Waals surface area (Å²) in [5, 5.41) is 19.5. The number of hydrogen-bond acceptors (Lipinski definition) is 2. The Morgan fingerprint density at radius 1 is 1.78 bits per heavy atom. The van der Waals surface area contributed by atoms with Gasteiger partial charge >= 0.3 is 0 Å². The first-order chi connectivity index (χ1) is 4.25. The molecule has 3 nitrogen and oxygen atoms in total. The fourth-order valence-corrected chi connectivity index (χ4v) is 1.23. The van der Waals surface area contributed by atoms with Crippen molar-refractivity contribution < 1.29 is 10.2 Å². The second-order valence-corrected chi connectivity index (χ2v) is 2.57. The zero-order chi connectivity index (χ0) is 6.85. The molecule has 1 aliphatic heterocycles. The molecule has 1 aliphatic rings. The van der Waals surface area contributed by atoms with Crippen LogP contribution in [0, 0.1) is 0 Å². The molecule has 3 heteroatoms. The van der Waals surface area contributed by atoms with Crippen LogP contribution in [0.1, 0.15) is 6.42 Å². The largest absolute Gasteiger partial charge is 0.391 e. The monoisotopic (exact) mass is 130 g/mol. The molecule has 0 aromatic rings. The van der Waals surface area contributed by atoms with Gasteiger partial charge in [0.2, 0.25) is 0 Å². The number of aliphatic hydroxyl groups excluding tert-OH is 1. The Balaban J connectivity index is 2.44. The summed E-state index contributed by atoms with van der Waals surface area (Å²) in [6.07, 6.45) is 0.371. The lowest BCUT2D eigenvalue weighted by Gasteiger charge is -2.17. The van der Waals surface area contributed by atoms with Crippen LogP contribution in [-0.2, 0) is 5.11 Å². The van der Waals surface area contributed by atoms with Crippen LogP contribution in [0.4, 0.5) is 0 Å². The predicted octanol–water partition coefficient (Wildman–Crippen LogP) is -0.518. The van der Waals surface area contributed by atoms with Crippen molar-refractivity contribution in [2.75, 3.05) is 20.2 Å². The van der Waals surface area contributed by atoms with Crippen LogP contribution in [0.25, 0.3) is 0 Å². The van der Waals surface area contributed by atoms with Gasteiger partial charge in [-0.2, -0.15) is 0 Å². The Morgan fingerprint density at radius 2 is 2.44 bits per heavy atom. The van der Waals surface area contributed by atoms with Crippen molar-refractivity contribution in [2.45, 2.75) is 18.6 Å². The lowest BCUT2D eigenvalue weighted by Crippen LogP contribution is -2.34. The third-order valence-electron chi connectivity index (χ3n) is 1.96. The zero-order valence-electron chi connectivity index (χ0n) is 5.58. The number of hydrogen-bond donors (Lipinski definition) is 1. The average molecular weight is 130 g/mol. The molecule has 0 bridgehead atoms. The summed E-state index contributed by atoms with van der Waals surface area (Å²) in [6.45, 7) is 0.672. The standard InChI is InChI=1S/C6H12NO2/c1-7-3-2-6(9)5(7)4-8/h5-6,9H,2-4H2,1H3. The van der Waals surface area contributed by atoms with Crippen molar-refractivity contribution in [1.29, 1.82) is 0 Å². The molecule has 9 heavy (non-hydrogen) atoms. The van der Waals surface area contributed by atoms with Gasteiger partial charge < -0.3 is 5.11 Å². The molecule has 2 unspecified atom stereocenters. The minimum Gasteiger partial charge on any atom is -0.391 e. The molecule has 1 saturated heterocycles. The molecule has 0 amide bonds. The summed E-state index contributed by atoms with van der Waals surface area (Å²) in [4.78, 5) is 1.91. The van der Waals surface area contributed by atoms with E-state index < -0.39 is 0 Å². The molecule has 1 heterocycles. The summed E-state index contributed by atoms with van der Waals surface area (Å²) in [6, 6.07) is -0.134. The van der Waals surface area contributed by atoms with Crippen LogP contribution < -0.4 is 0 Å². The lowest BCUT2D eigenvalue weighted by atomic mass is 10.2. The first-order valence-corrected chi connectivity index (χ1v) is 3.22. The smallest absolute Gasteiger partial charge is 0.100 e. The number of rotatable bonds is 1. The van der Waals surface area contributed by atoms with E-state index in [1.807, 2.05) is 11.9 Å². The number of nitrogens with zero attached hydrogens (tertiary/aromatic N) is 1. The van der Waals surface area contributed by atoms with Gasteiger partial charge in [0.15, 0.2) is 0 Å². The van der Waals surface area contributed by atoms with Crippen LogP contribution >= 0.6 is 0 Å². The van der Waals surface area contributed by atoms with Gasteiger partial charge in [-0.3, -0.25) is 4.90 Å². The Kier molecular flexibility index (Phi) is 2.05.